The number of amides is 2. The van der Waals surface area contributed by atoms with Crippen molar-refractivity contribution in [3.8, 4) is 0 Å². The molecule has 2 aromatic heterocycles. The van der Waals surface area contributed by atoms with Crippen LogP contribution in [0.2, 0.25) is 0 Å². The highest BCUT2D eigenvalue weighted by Crippen LogP contribution is 2.40. The first kappa shape index (κ1) is 19.1. The third kappa shape index (κ3) is 3.58. The molecule has 1 N–H and O–H groups in total. The monoisotopic (exact) mass is 402 g/mol. The number of carbonyl (C=O) groups excluding carboxylic acids is 2. The van der Waals surface area contributed by atoms with Gasteiger partial charge in [-0.05, 0) is 17.4 Å². The van der Waals surface area contributed by atoms with Crippen LogP contribution in [0.25, 0.3) is 0 Å². The van der Waals surface area contributed by atoms with Crippen LogP contribution in [-0.2, 0) is 21.7 Å². The van der Waals surface area contributed by atoms with Gasteiger partial charge in [0, 0.05) is 44.9 Å². The summed E-state index contributed by atoms with van der Waals surface area (Å²) in [5.41, 5.74) is -0.617. The predicted molar refractivity (Wildman–Crippen MR) is 106 cm³/mol. The molecule has 2 aliphatic heterocycles. The summed E-state index contributed by atoms with van der Waals surface area (Å²) in [6.07, 6.45) is 4.40. The number of hydrogen-bond acceptors (Lipinski definition) is 5. The SMILES string of the molecule is CC(C)CNC(=O)[C@H]1Cn2ccnc2C2(CCN(C(=O)c3cccs3)CC2)O1. The summed E-state index contributed by atoms with van der Waals surface area (Å²) in [6, 6.07) is 3.75. The molecular formula is C20H26N4O3S. The van der Waals surface area contributed by atoms with Crippen LogP contribution in [0.5, 0.6) is 0 Å². The van der Waals surface area contributed by atoms with Gasteiger partial charge in [0.1, 0.15) is 11.4 Å². The van der Waals surface area contributed by atoms with Crippen molar-refractivity contribution in [1.29, 1.82) is 0 Å². The van der Waals surface area contributed by atoms with E-state index in [-0.39, 0.29) is 11.8 Å². The second-order valence-corrected chi connectivity index (χ2v) is 8.86. The summed E-state index contributed by atoms with van der Waals surface area (Å²) in [7, 11) is 0. The maximum Gasteiger partial charge on any atom is 0.263 e. The number of imidazole rings is 1. The van der Waals surface area contributed by atoms with Crippen LogP contribution >= 0.6 is 11.3 Å². The fourth-order valence-electron chi connectivity index (χ4n) is 3.92. The molecule has 8 heteroatoms. The van der Waals surface area contributed by atoms with Gasteiger partial charge in [0.25, 0.3) is 11.8 Å². The topological polar surface area (TPSA) is 76.5 Å². The fourth-order valence-corrected chi connectivity index (χ4v) is 4.61. The van der Waals surface area contributed by atoms with Gasteiger partial charge >= 0.3 is 0 Å². The largest absolute Gasteiger partial charge is 0.354 e. The van der Waals surface area contributed by atoms with Gasteiger partial charge in [0.2, 0.25) is 0 Å². The first-order valence-corrected chi connectivity index (χ1v) is 10.7. The number of thiophene rings is 1. The Labute approximate surface area is 168 Å². The van der Waals surface area contributed by atoms with E-state index in [1.165, 1.54) is 11.3 Å². The minimum Gasteiger partial charge on any atom is -0.354 e. The van der Waals surface area contributed by atoms with Crippen LogP contribution in [-0.4, -0.2) is 52.0 Å². The average Bonchev–Trinajstić information content (AvgIpc) is 3.38. The maximum absolute atomic E-state index is 12.7. The Morgan fingerprint density at radius 3 is 2.86 bits per heavy atom. The third-order valence-corrected chi connectivity index (χ3v) is 6.28. The number of ether oxygens (including phenoxy) is 1. The summed E-state index contributed by atoms with van der Waals surface area (Å²) in [4.78, 5) is 32.5. The molecule has 0 radical (unpaired) electrons. The van der Waals surface area contributed by atoms with Gasteiger partial charge in [-0.2, -0.15) is 0 Å². The van der Waals surface area contributed by atoms with Crippen molar-refractivity contribution in [2.24, 2.45) is 5.92 Å². The zero-order valence-electron chi connectivity index (χ0n) is 16.3. The summed E-state index contributed by atoms with van der Waals surface area (Å²) in [5.74, 6) is 1.24. The third-order valence-electron chi connectivity index (χ3n) is 5.42. The lowest BCUT2D eigenvalue weighted by Crippen LogP contribution is -2.54. The molecule has 7 nitrogen and oxygen atoms in total. The number of rotatable bonds is 4. The zero-order chi connectivity index (χ0) is 19.7. The van der Waals surface area contributed by atoms with E-state index in [0.29, 0.717) is 44.9 Å². The van der Waals surface area contributed by atoms with E-state index >= 15 is 0 Å². The minimum absolute atomic E-state index is 0.0650. The Kier molecular flexibility index (Phi) is 5.25. The normalized spacial score (nSPS) is 21.0. The van der Waals surface area contributed by atoms with E-state index in [1.54, 1.807) is 6.20 Å². The molecule has 1 spiro atoms. The maximum atomic E-state index is 12.7. The van der Waals surface area contributed by atoms with Crippen molar-refractivity contribution >= 4 is 23.2 Å². The van der Waals surface area contributed by atoms with Gasteiger partial charge in [0.15, 0.2) is 6.10 Å². The predicted octanol–water partition coefficient (Wildman–Crippen LogP) is 2.25. The molecule has 0 saturated carbocycles. The van der Waals surface area contributed by atoms with Crippen LogP contribution in [0.15, 0.2) is 29.9 Å². The lowest BCUT2D eigenvalue weighted by atomic mass is 9.88. The van der Waals surface area contributed by atoms with Crippen LogP contribution in [0.4, 0.5) is 0 Å². The van der Waals surface area contributed by atoms with Crippen LogP contribution in [0, 0.1) is 5.92 Å². The van der Waals surface area contributed by atoms with Crippen molar-refractivity contribution in [3.05, 3.63) is 40.6 Å². The number of carbonyl (C=O) groups is 2. The van der Waals surface area contributed by atoms with E-state index in [4.69, 9.17) is 4.74 Å². The Bertz CT molecular complexity index is 838. The van der Waals surface area contributed by atoms with E-state index in [1.807, 2.05) is 33.2 Å². The van der Waals surface area contributed by atoms with Gasteiger partial charge in [0.05, 0.1) is 11.4 Å². The molecule has 4 rings (SSSR count). The standard InChI is InChI=1S/C20H26N4O3S/c1-14(2)12-22-17(25)15-13-24-10-7-21-19(24)20(27-15)5-8-23(9-6-20)18(26)16-4-3-11-28-16/h3-4,7,10-11,14-15H,5-6,8-9,12-13H2,1-2H3,(H,22,25)/t15-/m1/s1. The highest BCUT2D eigenvalue weighted by Gasteiger charge is 2.47. The number of aromatic nitrogens is 2. The Morgan fingerprint density at radius 1 is 1.39 bits per heavy atom. The van der Waals surface area contributed by atoms with E-state index < -0.39 is 11.7 Å². The summed E-state index contributed by atoms with van der Waals surface area (Å²) >= 11 is 1.46. The van der Waals surface area contributed by atoms with Crippen molar-refractivity contribution in [2.75, 3.05) is 19.6 Å². The van der Waals surface area contributed by atoms with Crippen LogP contribution in [0.3, 0.4) is 0 Å². The molecular weight excluding hydrogens is 376 g/mol. The number of fused-ring (bicyclic) bond motifs is 2. The molecule has 0 bridgehead atoms. The van der Waals surface area contributed by atoms with Crippen LogP contribution in [0.1, 0.15) is 42.2 Å². The lowest BCUT2D eigenvalue weighted by Gasteiger charge is -2.45. The Balaban J connectivity index is 1.49. The molecule has 2 aromatic rings. The van der Waals surface area contributed by atoms with Gasteiger partial charge in [-0.25, -0.2) is 4.98 Å². The molecule has 1 atom stereocenters. The van der Waals surface area contributed by atoms with E-state index in [0.717, 1.165) is 10.7 Å². The van der Waals surface area contributed by atoms with Gasteiger partial charge in [-0.15, -0.1) is 11.3 Å². The first-order valence-electron chi connectivity index (χ1n) is 9.78. The summed E-state index contributed by atoms with van der Waals surface area (Å²) in [5, 5.41) is 4.90. The zero-order valence-corrected chi connectivity index (χ0v) is 17.1. The number of likely N-dealkylation sites (tertiary alicyclic amines) is 1. The quantitative estimate of drug-likeness (QED) is 0.851. The average molecular weight is 403 g/mol. The second-order valence-electron chi connectivity index (χ2n) is 7.91. The summed E-state index contributed by atoms with van der Waals surface area (Å²) in [6.45, 7) is 6.41. The van der Waals surface area contributed by atoms with Gasteiger partial charge in [-0.3, -0.25) is 9.59 Å². The number of piperidine rings is 1. The molecule has 2 amide bonds. The van der Waals surface area contributed by atoms with Crippen molar-refractivity contribution in [2.45, 2.75) is 44.9 Å². The molecule has 1 saturated heterocycles. The molecule has 28 heavy (non-hydrogen) atoms. The molecule has 4 heterocycles. The molecule has 2 aliphatic rings. The van der Waals surface area contributed by atoms with Crippen molar-refractivity contribution < 1.29 is 14.3 Å². The Hall–Kier alpha value is -2.19. The van der Waals surface area contributed by atoms with Crippen molar-refractivity contribution in [3.63, 3.8) is 0 Å². The molecule has 150 valence electrons. The highest BCUT2D eigenvalue weighted by molar-refractivity contribution is 7.12. The smallest absolute Gasteiger partial charge is 0.263 e. The lowest BCUT2D eigenvalue weighted by molar-refractivity contribution is -0.172. The highest BCUT2D eigenvalue weighted by atomic mass is 32.1. The number of hydrogen-bond donors (Lipinski definition) is 1. The Morgan fingerprint density at radius 2 is 2.18 bits per heavy atom. The number of nitrogens with zero attached hydrogens (tertiary/aromatic N) is 3. The second kappa shape index (κ2) is 7.67. The van der Waals surface area contributed by atoms with Gasteiger partial charge < -0.3 is 19.5 Å². The van der Waals surface area contributed by atoms with Gasteiger partial charge in [-0.1, -0.05) is 19.9 Å². The van der Waals surface area contributed by atoms with E-state index in [9.17, 15) is 9.59 Å². The first-order chi connectivity index (χ1) is 13.5. The minimum atomic E-state index is -0.617. The molecule has 1 fully saturated rings. The number of nitrogens with one attached hydrogen (secondary N) is 1. The molecule has 0 aromatic carbocycles. The molecule has 0 aliphatic carbocycles. The summed E-state index contributed by atoms with van der Waals surface area (Å²) < 4.78 is 8.41. The molecule has 0 unspecified atom stereocenters. The van der Waals surface area contributed by atoms with Crippen LogP contribution < -0.4 is 5.32 Å². The van der Waals surface area contributed by atoms with E-state index in [2.05, 4.69) is 24.1 Å². The van der Waals surface area contributed by atoms with Crippen molar-refractivity contribution in [1.82, 2.24) is 19.8 Å². The fraction of sp³-hybridized carbons (Fsp3) is 0.550.